The van der Waals surface area contributed by atoms with Crippen LogP contribution in [0.2, 0.25) is 0 Å². The lowest BCUT2D eigenvalue weighted by Gasteiger charge is -2.08. The van der Waals surface area contributed by atoms with Gasteiger partial charge >= 0.3 is 0 Å². The summed E-state index contributed by atoms with van der Waals surface area (Å²) in [6.07, 6.45) is 3.43. The Morgan fingerprint density at radius 1 is 1.35 bits per heavy atom. The number of hydrogen-bond donors (Lipinski definition) is 1. The van der Waals surface area contributed by atoms with Crippen molar-refractivity contribution in [2.24, 2.45) is 0 Å². The molecular weight excluding hydrogens is 346 g/mol. The fourth-order valence-corrected chi connectivity index (χ4v) is 3.27. The first kappa shape index (κ1) is 19.8. The fourth-order valence-electron chi connectivity index (χ4n) is 2.34. The summed E-state index contributed by atoms with van der Waals surface area (Å²) in [7, 11) is 1.59. The SMILES string of the molecule is CCCCc1ccc(C#N)c(SCCC(=O)Nc2cccc(OC)c2)n1. The quantitative estimate of drug-likeness (QED) is 0.662. The number of amides is 1. The summed E-state index contributed by atoms with van der Waals surface area (Å²) in [5.41, 5.74) is 2.26. The first-order chi connectivity index (χ1) is 12.7. The summed E-state index contributed by atoms with van der Waals surface area (Å²) in [5.74, 6) is 1.18. The summed E-state index contributed by atoms with van der Waals surface area (Å²) in [6.45, 7) is 2.14. The van der Waals surface area contributed by atoms with Crippen LogP contribution in [0.1, 0.15) is 37.4 Å². The van der Waals surface area contributed by atoms with Crippen LogP contribution in [0.3, 0.4) is 0 Å². The van der Waals surface area contributed by atoms with Gasteiger partial charge in [-0.05, 0) is 37.1 Å². The predicted molar refractivity (Wildman–Crippen MR) is 105 cm³/mol. The highest BCUT2D eigenvalue weighted by molar-refractivity contribution is 7.99. The first-order valence-corrected chi connectivity index (χ1v) is 9.61. The number of nitrogens with one attached hydrogen (secondary N) is 1. The minimum absolute atomic E-state index is 0.0774. The molecule has 0 aliphatic carbocycles. The number of rotatable bonds is 9. The number of aryl methyl sites for hydroxylation is 1. The van der Waals surface area contributed by atoms with Crippen LogP contribution in [0.5, 0.6) is 5.75 Å². The summed E-state index contributed by atoms with van der Waals surface area (Å²) in [5, 5.41) is 12.8. The van der Waals surface area contributed by atoms with Crippen molar-refractivity contribution in [1.29, 1.82) is 5.26 Å². The number of anilines is 1. The number of benzene rings is 1. The van der Waals surface area contributed by atoms with E-state index in [1.165, 1.54) is 11.8 Å². The molecule has 0 spiro atoms. The van der Waals surface area contributed by atoms with E-state index in [9.17, 15) is 10.1 Å². The van der Waals surface area contributed by atoms with Crippen LogP contribution in [0.25, 0.3) is 0 Å². The Hall–Kier alpha value is -2.52. The highest BCUT2D eigenvalue weighted by Crippen LogP contribution is 2.22. The molecule has 0 saturated heterocycles. The molecule has 5 nitrogen and oxygen atoms in total. The second kappa shape index (κ2) is 10.5. The molecule has 0 saturated carbocycles. The number of methoxy groups -OCH3 is 1. The number of ether oxygens (including phenoxy) is 1. The number of carbonyl (C=O) groups is 1. The number of aromatic nitrogens is 1. The van der Waals surface area contributed by atoms with Crippen molar-refractivity contribution in [3.8, 4) is 11.8 Å². The number of pyridine rings is 1. The molecule has 0 atom stereocenters. The van der Waals surface area contributed by atoms with E-state index >= 15 is 0 Å². The lowest BCUT2D eigenvalue weighted by atomic mass is 10.2. The third-order valence-corrected chi connectivity index (χ3v) is 4.74. The molecule has 6 heteroatoms. The molecule has 1 N–H and O–H groups in total. The Balaban J connectivity index is 1.89. The second-order valence-electron chi connectivity index (χ2n) is 5.75. The van der Waals surface area contributed by atoms with Gasteiger partial charge in [-0.15, -0.1) is 11.8 Å². The zero-order valence-electron chi connectivity index (χ0n) is 15.1. The molecule has 0 bridgehead atoms. The topological polar surface area (TPSA) is 75.0 Å². The van der Waals surface area contributed by atoms with Crippen molar-refractivity contribution >= 4 is 23.4 Å². The Morgan fingerprint density at radius 3 is 2.92 bits per heavy atom. The maximum atomic E-state index is 12.1. The highest BCUT2D eigenvalue weighted by atomic mass is 32.2. The van der Waals surface area contributed by atoms with Gasteiger partial charge in [0.1, 0.15) is 16.8 Å². The van der Waals surface area contributed by atoms with Crippen LogP contribution in [0, 0.1) is 11.3 Å². The third kappa shape index (κ3) is 6.08. The number of nitriles is 1. The lowest BCUT2D eigenvalue weighted by Crippen LogP contribution is -2.12. The van der Waals surface area contributed by atoms with Crippen LogP contribution >= 0.6 is 11.8 Å². The number of hydrogen-bond acceptors (Lipinski definition) is 5. The molecule has 1 amide bonds. The Bertz CT molecular complexity index is 787. The molecule has 0 unspecified atom stereocenters. The van der Waals surface area contributed by atoms with E-state index in [0.29, 0.717) is 34.2 Å². The number of carbonyl (C=O) groups excluding carboxylic acids is 1. The van der Waals surface area contributed by atoms with E-state index in [1.54, 1.807) is 13.2 Å². The van der Waals surface area contributed by atoms with Crippen LogP contribution < -0.4 is 10.1 Å². The molecule has 26 heavy (non-hydrogen) atoms. The van der Waals surface area contributed by atoms with E-state index in [4.69, 9.17) is 4.74 Å². The van der Waals surface area contributed by atoms with Crippen LogP contribution in [0.4, 0.5) is 5.69 Å². The standard InChI is InChI=1S/C20H23N3O2S/c1-3-4-6-16-10-9-15(14-21)20(23-16)26-12-11-19(24)22-17-7-5-8-18(13-17)25-2/h5,7-10,13H,3-4,6,11-12H2,1-2H3,(H,22,24). The van der Waals surface area contributed by atoms with E-state index in [2.05, 4.69) is 23.3 Å². The van der Waals surface area contributed by atoms with E-state index in [-0.39, 0.29) is 5.91 Å². The van der Waals surface area contributed by atoms with Crippen LogP contribution in [0.15, 0.2) is 41.4 Å². The Labute approximate surface area is 158 Å². The second-order valence-corrected chi connectivity index (χ2v) is 6.83. The molecule has 1 aromatic heterocycles. The van der Waals surface area contributed by atoms with Gasteiger partial charge in [-0.25, -0.2) is 4.98 Å². The van der Waals surface area contributed by atoms with E-state index < -0.39 is 0 Å². The third-order valence-electron chi connectivity index (χ3n) is 3.75. The maximum absolute atomic E-state index is 12.1. The zero-order valence-corrected chi connectivity index (χ0v) is 15.9. The molecule has 0 aliphatic rings. The molecule has 2 aromatic rings. The van der Waals surface area contributed by atoms with Gasteiger partial charge in [0.25, 0.3) is 0 Å². The molecule has 1 heterocycles. The van der Waals surface area contributed by atoms with Crippen molar-refractivity contribution in [2.75, 3.05) is 18.2 Å². The van der Waals surface area contributed by atoms with E-state index in [0.717, 1.165) is 25.0 Å². The maximum Gasteiger partial charge on any atom is 0.225 e. The molecular formula is C20H23N3O2S. The minimum atomic E-state index is -0.0774. The van der Waals surface area contributed by atoms with Crippen LogP contribution in [-0.4, -0.2) is 23.8 Å². The molecule has 136 valence electrons. The zero-order chi connectivity index (χ0) is 18.8. The monoisotopic (exact) mass is 369 g/mol. The largest absolute Gasteiger partial charge is 0.497 e. The smallest absolute Gasteiger partial charge is 0.225 e. The van der Waals surface area contributed by atoms with Crippen molar-refractivity contribution in [3.63, 3.8) is 0 Å². The van der Waals surface area contributed by atoms with Gasteiger partial charge in [-0.1, -0.05) is 19.4 Å². The molecule has 1 aromatic carbocycles. The van der Waals surface area contributed by atoms with Crippen molar-refractivity contribution in [2.45, 2.75) is 37.6 Å². The van der Waals surface area contributed by atoms with Gasteiger partial charge in [-0.3, -0.25) is 4.79 Å². The Kier molecular flexibility index (Phi) is 7.97. The van der Waals surface area contributed by atoms with Gasteiger partial charge in [0.2, 0.25) is 5.91 Å². The highest BCUT2D eigenvalue weighted by Gasteiger charge is 2.09. The lowest BCUT2D eigenvalue weighted by molar-refractivity contribution is -0.115. The number of thioether (sulfide) groups is 1. The van der Waals surface area contributed by atoms with Gasteiger partial charge in [0.15, 0.2) is 0 Å². The first-order valence-electron chi connectivity index (χ1n) is 8.63. The van der Waals surface area contributed by atoms with Crippen molar-refractivity contribution in [1.82, 2.24) is 4.98 Å². The molecule has 2 rings (SSSR count). The van der Waals surface area contributed by atoms with Crippen LogP contribution in [-0.2, 0) is 11.2 Å². The summed E-state index contributed by atoms with van der Waals surface area (Å²) in [4.78, 5) is 16.7. The average molecular weight is 369 g/mol. The van der Waals surface area contributed by atoms with Gasteiger partial charge in [0, 0.05) is 29.6 Å². The van der Waals surface area contributed by atoms with E-state index in [1.807, 2.05) is 30.3 Å². The fraction of sp³-hybridized carbons (Fsp3) is 0.350. The number of nitrogens with zero attached hydrogens (tertiary/aromatic N) is 2. The summed E-state index contributed by atoms with van der Waals surface area (Å²) < 4.78 is 5.15. The van der Waals surface area contributed by atoms with Crippen molar-refractivity contribution < 1.29 is 9.53 Å². The predicted octanol–water partition coefficient (Wildman–Crippen LogP) is 4.43. The van der Waals surface area contributed by atoms with Gasteiger partial charge in [0.05, 0.1) is 12.7 Å². The summed E-state index contributed by atoms with van der Waals surface area (Å²) >= 11 is 1.45. The Morgan fingerprint density at radius 2 is 2.19 bits per heavy atom. The van der Waals surface area contributed by atoms with Crippen molar-refractivity contribution in [3.05, 3.63) is 47.7 Å². The normalized spacial score (nSPS) is 10.2. The molecule has 0 fully saturated rings. The number of unbranched alkanes of at least 4 members (excludes halogenated alkanes) is 1. The van der Waals surface area contributed by atoms with Gasteiger partial charge in [-0.2, -0.15) is 5.26 Å². The molecule has 0 aliphatic heterocycles. The van der Waals surface area contributed by atoms with Gasteiger partial charge < -0.3 is 10.1 Å². The molecule has 0 radical (unpaired) electrons. The average Bonchev–Trinajstić information content (AvgIpc) is 2.66. The minimum Gasteiger partial charge on any atom is -0.497 e. The summed E-state index contributed by atoms with van der Waals surface area (Å²) in [6, 6.07) is 13.1.